The van der Waals surface area contributed by atoms with Crippen molar-refractivity contribution in [1.82, 2.24) is 0 Å². The highest BCUT2D eigenvalue weighted by Gasteiger charge is 2.09. The molecule has 2 nitrogen and oxygen atoms in total. The smallest absolute Gasteiger partial charge is 0.153 e. The molecule has 0 fully saturated rings. The van der Waals surface area contributed by atoms with Crippen molar-refractivity contribution in [1.29, 1.82) is 0 Å². The number of ether oxygens (including phenoxy) is 1. The summed E-state index contributed by atoms with van der Waals surface area (Å²) in [5.41, 5.74) is 7.37. The molecular formula is C15H15BrFNO. The van der Waals surface area contributed by atoms with E-state index in [1.54, 1.807) is 0 Å². The van der Waals surface area contributed by atoms with E-state index < -0.39 is 5.82 Å². The molecule has 2 N–H and O–H groups in total. The number of hydrogen-bond donors (Lipinski definition) is 1. The van der Waals surface area contributed by atoms with Crippen molar-refractivity contribution >= 4 is 21.6 Å². The molecule has 0 unspecified atom stereocenters. The zero-order valence-electron chi connectivity index (χ0n) is 10.8. The Morgan fingerprint density at radius 1 is 1.21 bits per heavy atom. The second-order valence-corrected chi connectivity index (χ2v) is 5.49. The van der Waals surface area contributed by atoms with Gasteiger partial charge in [0.15, 0.2) is 5.75 Å². The average molecular weight is 324 g/mol. The summed E-state index contributed by atoms with van der Waals surface area (Å²) in [6.45, 7) is 4.21. The summed E-state index contributed by atoms with van der Waals surface area (Å²) in [5, 5.41) is 0. The van der Waals surface area contributed by atoms with Crippen LogP contribution in [0.25, 0.3) is 0 Å². The zero-order valence-corrected chi connectivity index (χ0v) is 12.4. The predicted octanol–water partition coefficient (Wildman–Crippen LogP) is 5.09. The molecule has 0 bridgehead atoms. The molecule has 0 amide bonds. The van der Waals surface area contributed by atoms with Crippen LogP contribution in [0.3, 0.4) is 0 Å². The third kappa shape index (κ3) is 3.26. The van der Waals surface area contributed by atoms with Gasteiger partial charge in [-0.25, -0.2) is 4.39 Å². The molecule has 0 aliphatic carbocycles. The molecule has 19 heavy (non-hydrogen) atoms. The van der Waals surface area contributed by atoms with Crippen molar-refractivity contribution in [3.05, 3.63) is 52.3 Å². The Balaban J connectivity index is 2.31. The van der Waals surface area contributed by atoms with Gasteiger partial charge in [0, 0.05) is 6.07 Å². The first-order valence-corrected chi connectivity index (χ1v) is 6.79. The molecule has 0 heterocycles. The maximum absolute atomic E-state index is 13.5. The van der Waals surface area contributed by atoms with E-state index in [1.165, 1.54) is 12.1 Å². The highest BCUT2D eigenvalue weighted by atomic mass is 79.9. The summed E-state index contributed by atoms with van der Waals surface area (Å²) in [5.74, 6) is 0.980. The fraction of sp³-hybridized carbons (Fsp3) is 0.200. The van der Waals surface area contributed by atoms with Crippen LogP contribution < -0.4 is 10.5 Å². The minimum absolute atomic E-state index is 0.321. The van der Waals surface area contributed by atoms with Gasteiger partial charge in [-0.05, 0) is 45.6 Å². The fourth-order valence-corrected chi connectivity index (χ4v) is 2.06. The van der Waals surface area contributed by atoms with Crippen LogP contribution in [0.2, 0.25) is 0 Å². The number of halogens is 2. The van der Waals surface area contributed by atoms with E-state index >= 15 is 0 Å². The van der Waals surface area contributed by atoms with E-state index in [4.69, 9.17) is 10.5 Å². The molecule has 4 heteroatoms. The van der Waals surface area contributed by atoms with E-state index in [2.05, 4.69) is 29.8 Å². The second-order valence-electron chi connectivity index (χ2n) is 4.63. The summed E-state index contributed by atoms with van der Waals surface area (Å²) in [6, 6.07) is 10.5. The molecular weight excluding hydrogens is 309 g/mol. The third-order valence-corrected chi connectivity index (χ3v) is 3.41. The summed E-state index contributed by atoms with van der Waals surface area (Å²) in [4.78, 5) is 0. The van der Waals surface area contributed by atoms with Crippen LogP contribution in [-0.2, 0) is 0 Å². The van der Waals surface area contributed by atoms with E-state index in [-0.39, 0.29) is 0 Å². The fourth-order valence-electron chi connectivity index (χ4n) is 1.70. The Morgan fingerprint density at radius 3 is 2.63 bits per heavy atom. The van der Waals surface area contributed by atoms with Crippen molar-refractivity contribution in [2.45, 2.75) is 19.8 Å². The van der Waals surface area contributed by atoms with Crippen molar-refractivity contribution in [2.75, 3.05) is 5.73 Å². The molecule has 0 aliphatic rings. The van der Waals surface area contributed by atoms with E-state index in [0.29, 0.717) is 27.6 Å². The largest absolute Gasteiger partial charge is 0.455 e. The van der Waals surface area contributed by atoms with Gasteiger partial charge >= 0.3 is 0 Å². The summed E-state index contributed by atoms with van der Waals surface area (Å²) in [7, 11) is 0. The summed E-state index contributed by atoms with van der Waals surface area (Å²) < 4.78 is 19.5. The molecule has 0 radical (unpaired) electrons. The van der Waals surface area contributed by atoms with Gasteiger partial charge in [-0.2, -0.15) is 0 Å². The molecule has 0 aliphatic heterocycles. The molecule has 0 spiro atoms. The summed E-state index contributed by atoms with van der Waals surface area (Å²) in [6.07, 6.45) is 0. The zero-order chi connectivity index (χ0) is 14.0. The van der Waals surface area contributed by atoms with Gasteiger partial charge in [-0.3, -0.25) is 0 Å². The second kappa shape index (κ2) is 5.61. The lowest BCUT2D eigenvalue weighted by Gasteiger charge is -2.11. The van der Waals surface area contributed by atoms with Gasteiger partial charge in [-0.1, -0.05) is 26.0 Å². The van der Waals surface area contributed by atoms with E-state index in [9.17, 15) is 4.39 Å². The van der Waals surface area contributed by atoms with Crippen LogP contribution in [0.1, 0.15) is 25.3 Å². The van der Waals surface area contributed by atoms with Crippen LogP contribution in [0.5, 0.6) is 11.5 Å². The lowest BCUT2D eigenvalue weighted by Crippen LogP contribution is -1.95. The minimum Gasteiger partial charge on any atom is -0.455 e. The molecule has 0 saturated heterocycles. The van der Waals surface area contributed by atoms with Gasteiger partial charge in [0.1, 0.15) is 11.6 Å². The maximum atomic E-state index is 13.5. The Hall–Kier alpha value is -1.55. The molecule has 2 rings (SSSR count). The van der Waals surface area contributed by atoms with Crippen LogP contribution in [0.4, 0.5) is 10.1 Å². The third-order valence-electron chi connectivity index (χ3n) is 2.81. The van der Waals surface area contributed by atoms with Crippen LogP contribution in [0, 0.1) is 5.82 Å². The van der Waals surface area contributed by atoms with Crippen molar-refractivity contribution < 1.29 is 9.13 Å². The number of anilines is 1. The maximum Gasteiger partial charge on any atom is 0.153 e. The normalized spacial score (nSPS) is 10.8. The lowest BCUT2D eigenvalue weighted by molar-refractivity contribution is 0.477. The van der Waals surface area contributed by atoms with Gasteiger partial charge < -0.3 is 10.5 Å². The molecule has 100 valence electrons. The molecule has 0 aromatic heterocycles. The number of nitrogens with two attached hydrogens (primary N) is 1. The van der Waals surface area contributed by atoms with Gasteiger partial charge in [0.05, 0.1) is 10.2 Å². The van der Waals surface area contributed by atoms with Gasteiger partial charge in [-0.15, -0.1) is 0 Å². The van der Waals surface area contributed by atoms with E-state index in [0.717, 1.165) is 5.56 Å². The van der Waals surface area contributed by atoms with Crippen LogP contribution >= 0.6 is 15.9 Å². The predicted molar refractivity (Wildman–Crippen MR) is 79.1 cm³/mol. The standard InChI is InChI=1S/C15H15BrFNO/c1-9(2)10-4-3-5-11(6-10)19-15-8-13(17)12(16)7-14(15)18/h3-9H,18H2,1-2H3. The Kier molecular flexibility index (Phi) is 4.10. The lowest BCUT2D eigenvalue weighted by atomic mass is 10.0. The Bertz CT molecular complexity index is 599. The molecule has 0 atom stereocenters. The Morgan fingerprint density at radius 2 is 1.95 bits per heavy atom. The topological polar surface area (TPSA) is 35.2 Å². The average Bonchev–Trinajstić information content (AvgIpc) is 2.36. The SMILES string of the molecule is CC(C)c1cccc(Oc2cc(F)c(Br)cc2N)c1. The number of rotatable bonds is 3. The monoisotopic (exact) mass is 323 g/mol. The van der Waals surface area contributed by atoms with Crippen LogP contribution in [-0.4, -0.2) is 0 Å². The highest BCUT2D eigenvalue weighted by molar-refractivity contribution is 9.10. The Labute approximate surface area is 120 Å². The van der Waals surface area contributed by atoms with Crippen LogP contribution in [0.15, 0.2) is 40.9 Å². The van der Waals surface area contributed by atoms with Crippen molar-refractivity contribution in [2.24, 2.45) is 0 Å². The minimum atomic E-state index is -0.399. The van der Waals surface area contributed by atoms with Gasteiger partial charge in [0.25, 0.3) is 0 Å². The first kappa shape index (κ1) is 13.9. The first-order valence-electron chi connectivity index (χ1n) is 5.99. The number of benzene rings is 2. The summed E-state index contributed by atoms with van der Waals surface area (Å²) >= 11 is 3.09. The quantitative estimate of drug-likeness (QED) is 0.799. The highest BCUT2D eigenvalue weighted by Crippen LogP contribution is 2.32. The molecule has 0 saturated carbocycles. The van der Waals surface area contributed by atoms with Crippen molar-refractivity contribution in [3.63, 3.8) is 0 Å². The molecule has 2 aromatic carbocycles. The number of nitrogen functional groups attached to an aromatic ring is 1. The van der Waals surface area contributed by atoms with E-state index in [1.807, 2.05) is 24.3 Å². The molecule has 2 aromatic rings. The number of hydrogen-bond acceptors (Lipinski definition) is 2. The van der Waals surface area contributed by atoms with Gasteiger partial charge in [0.2, 0.25) is 0 Å². The van der Waals surface area contributed by atoms with Crippen molar-refractivity contribution in [3.8, 4) is 11.5 Å². The first-order chi connectivity index (χ1) is 8.97.